The number of hydrogen-bond donors (Lipinski definition) is 1. The van der Waals surface area contributed by atoms with Crippen molar-refractivity contribution in [3.8, 4) is 5.75 Å². The van der Waals surface area contributed by atoms with E-state index >= 15 is 0 Å². The number of hydrogen-bond acceptors (Lipinski definition) is 6. The quantitative estimate of drug-likeness (QED) is 0.475. The molecule has 8 nitrogen and oxygen atoms in total. The van der Waals surface area contributed by atoms with Crippen LogP contribution in [0, 0.1) is 11.8 Å². The van der Waals surface area contributed by atoms with Gasteiger partial charge in [-0.15, -0.1) is 11.8 Å². The van der Waals surface area contributed by atoms with Crippen molar-refractivity contribution in [1.82, 2.24) is 9.80 Å². The van der Waals surface area contributed by atoms with Crippen LogP contribution in [0.4, 0.5) is 5.69 Å². The highest BCUT2D eigenvalue weighted by atomic mass is 32.2. The molecule has 5 atom stereocenters. The van der Waals surface area contributed by atoms with Crippen molar-refractivity contribution in [1.29, 1.82) is 0 Å². The van der Waals surface area contributed by atoms with Gasteiger partial charge in [0.05, 0.1) is 23.7 Å². The molecule has 1 N–H and O–H groups in total. The van der Waals surface area contributed by atoms with E-state index in [9.17, 15) is 19.5 Å². The Morgan fingerprint density at radius 3 is 2.54 bits per heavy atom. The number of anilines is 1. The van der Waals surface area contributed by atoms with Gasteiger partial charge < -0.3 is 24.5 Å². The lowest BCUT2D eigenvalue weighted by Gasteiger charge is -2.35. The number of methoxy groups -OCH3 is 1. The molecule has 0 aromatic heterocycles. The number of aliphatic hydroxyl groups is 1. The Hall–Kier alpha value is -2.78. The minimum absolute atomic E-state index is 0.0284. The van der Waals surface area contributed by atoms with Crippen LogP contribution < -0.4 is 9.64 Å². The van der Waals surface area contributed by atoms with Crippen LogP contribution in [0.3, 0.4) is 0 Å². The van der Waals surface area contributed by atoms with E-state index < -0.39 is 22.6 Å². The highest BCUT2D eigenvalue weighted by Crippen LogP contribution is 2.61. The number of unbranched alkanes of at least 4 members (excludes halogenated alkanes) is 1. The van der Waals surface area contributed by atoms with Crippen LogP contribution in [-0.4, -0.2) is 89.1 Å². The number of carbonyl (C=O) groups is 3. The highest BCUT2D eigenvalue weighted by molar-refractivity contribution is 8.02. The maximum absolute atomic E-state index is 14.2. The summed E-state index contributed by atoms with van der Waals surface area (Å²) < 4.78 is 4.45. The lowest BCUT2D eigenvalue weighted by atomic mass is 9.78. The first-order valence-corrected chi connectivity index (χ1v) is 12.9. The number of ether oxygens (including phenoxy) is 1. The third kappa shape index (κ3) is 3.76. The molecule has 2 fully saturated rings. The van der Waals surface area contributed by atoms with Gasteiger partial charge in [0.15, 0.2) is 0 Å². The Bertz CT molecular complexity index is 1070. The van der Waals surface area contributed by atoms with E-state index in [1.165, 1.54) is 0 Å². The predicted molar refractivity (Wildman–Crippen MR) is 134 cm³/mol. The molecule has 4 aliphatic rings. The highest BCUT2D eigenvalue weighted by Gasteiger charge is 2.70. The second-order valence-electron chi connectivity index (χ2n) is 9.50. The molecule has 1 aromatic rings. The van der Waals surface area contributed by atoms with E-state index in [4.69, 9.17) is 4.74 Å². The number of carbonyl (C=O) groups excluding carboxylic acids is 3. The lowest BCUT2D eigenvalue weighted by molar-refractivity contribution is -0.142. The van der Waals surface area contributed by atoms with Crippen LogP contribution in [-0.2, 0) is 14.4 Å². The molecule has 0 bridgehead atoms. The van der Waals surface area contributed by atoms with E-state index in [0.717, 1.165) is 5.69 Å². The Balaban J connectivity index is 1.57. The van der Waals surface area contributed by atoms with E-state index in [1.54, 1.807) is 40.6 Å². The van der Waals surface area contributed by atoms with Crippen LogP contribution in [0.1, 0.15) is 12.8 Å². The van der Waals surface area contributed by atoms with Crippen molar-refractivity contribution >= 4 is 35.2 Å². The summed E-state index contributed by atoms with van der Waals surface area (Å²) in [4.78, 5) is 46.7. The maximum atomic E-state index is 14.2. The van der Waals surface area contributed by atoms with Gasteiger partial charge in [-0.05, 0) is 37.1 Å². The fourth-order valence-corrected chi connectivity index (χ4v) is 7.90. The first-order chi connectivity index (χ1) is 16.9. The normalized spacial score (nSPS) is 31.9. The van der Waals surface area contributed by atoms with Crippen molar-refractivity contribution in [3.05, 3.63) is 48.6 Å². The average Bonchev–Trinajstić information content (AvgIpc) is 3.18. The van der Waals surface area contributed by atoms with Gasteiger partial charge in [0.2, 0.25) is 11.8 Å². The summed E-state index contributed by atoms with van der Waals surface area (Å²) >= 11 is 1.58. The number of thioether (sulfide) groups is 1. The molecule has 0 saturated carbocycles. The number of likely N-dealkylation sites (N-methyl/N-ethyl adjacent to an activating group) is 1. The second-order valence-corrected chi connectivity index (χ2v) is 11.0. The third-order valence-corrected chi connectivity index (χ3v) is 9.30. The monoisotopic (exact) mass is 497 g/mol. The van der Waals surface area contributed by atoms with Gasteiger partial charge >= 0.3 is 0 Å². The summed E-state index contributed by atoms with van der Waals surface area (Å²) in [5.74, 6) is -0.744. The van der Waals surface area contributed by atoms with Crippen molar-refractivity contribution in [2.45, 2.75) is 28.9 Å². The summed E-state index contributed by atoms with van der Waals surface area (Å²) in [6.45, 7) is 1.30. The molecule has 1 spiro atoms. The molecular formula is C26H31N3O5S. The molecule has 0 aliphatic carbocycles. The largest absolute Gasteiger partial charge is 0.497 e. The Labute approximate surface area is 209 Å². The summed E-state index contributed by atoms with van der Waals surface area (Å²) in [6.07, 6.45) is 9.15. The zero-order valence-corrected chi connectivity index (χ0v) is 20.8. The number of amides is 3. The standard InChI is InChI=1S/C26H31N3O5S/c1-27-13-5-7-19-20(23(27)31)21-24(32)29(14-3-4-16-30)22-25(33)28(15-6-12-26(21,22)35-19)17-8-10-18(34-2)11-9-17/h5-12,19-22,30H,3-4,13-16H2,1-2H3/t19-,20+,21-,22?,26-/m0/s1. The zero-order valence-electron chi connectivity index (χ0n) is 20.0. The first kappa shape index (κ1) is 23.9. The van der Waals surface area contributed by atoms with Gasteiger partial charge in [-0.25, -0.2) is 0 Å². The molecule has 1 aromatic carbocycles. The van der Waals surface area contributed by atoms with Crippen molar-refractivity contribution in [3.63, 3.8) is 0 Å². The zero-order chi connectivity index (χ0) is 24.7. The van der Waals surface area contributed by atoms with Crippen LogP contribution in [0.2, 0.25) is 0 Å². The molecule has 2 saturated heterocycles. The maximum Gasteiger partial charge on any atom is 0.251 e. The van der Waals surface area contributed by atoms with E-state index in [0.29, 0.717) is 38.2 Å². The molecule has 186 valence electrons. The van der Waals surface area contributed by atoms with Crippen LogP contribution in [0.5, 0.6) is 5.75 Å². The predicted octanol–water partition coefficient (Wildman–Crippen LogP) is 1.70. The molecule has 3 amide bonds. The Morgan fingerprint density at radius 1 is 1.06 bits per heavy atom. The van der Waals surface area contributed by atoms with E-state index in [1.807, 2.05) is 48.6 Å². The van der Waals surface area contributed by atoms with E-state index in [2.05, 4.69) is 0 Å². The minimum atomic E-state index is -0.817. The van der Waals surface area contributed by atoms with Gasteiger partial charge in [0.1, 0.15) is 11.8 Å². The lowest BCUT2D eigenvalue weighted by Crippen LogP contribution is -2.53. The van der Waals surface area contributed by atoms with Crippen LogP contribution in [0.25, 0.3) is 0 Å². The average molecular weight is 498 g/mol. The van der Waals surface area contributed by atoms with Gasteiger partial charge in [0, 0.05) is 44.2 Å². The van der Waals surface area contributed by atoms with Gasteiger partial charge in [-0.2, -0.15) is 0 Å². The first-order valence-electron chi connectivity index (χ1n) is 12.1. The molecule has 5 rings (SSSR count). The fourth-order valence-electron chi connectivity index (χ4n) is 5.89. The number of fused-ring (bicyclic) bond motifs is 2. The Kier molecular flexibility index (Phi) is 6.40. The Morgan fingerprint density at radius 2 is 1.83 bits per heavy atom. The van der Waals surface area contributed by atoms with Crippen LogP contribution >= 0.6 is 11.8 Å². The molecule has 35 heavy (non-hydrogen) atoms. The smallest absolute Gasteiger partial charge is 0.251 e. The summed E-state index contributed by atoms with van der Waals surface area (Å²) in [5.41, 5.74) is 0.733. The molecule has 1 unspecified atom stereocenters. The molecule has 0 radical (unpaired) electrons. The number of likely N-dealkylation sites (tertiary alicyclic amines) is 1. The molecule has 4 aliphatic heterocycles. The number of rotatable bonds is 6. The number of benzene rings is 1. The summed E-state index contributed by atoms with van der Waals surface area (Å²) in [6, 6.07) is 6.61. The van der Waals surface area contributed by atoms with Crippen LogP contribution in [0.15, 0.2) is 48.6 Å². The van der Waals surface area contributed by atoms with Crippen molar-refractivity contribution in [2.24, 2.45) is 11.8 Å². The fraction of sp³-hybridized carbons (Fsp3) is 0.500. The van der Waals surface area contributed by atoms with Crippen molar-refractivity contribution < 1.29 is 24.2 Å². The van der Waals surface area contributed by atoms with Gasteiger partial charge in [0.25, 0.3) is 5.91 Å². The summed E-state index contributed by atoms with van der Waals surface area (Å²) in [5, 5.41) is 9.16. The van der Waals surface area contributed by atoms with Gasteiger partial charge in [-0.1, -0.05) is 24.3 Å². The topological polar surface area (TPSA) is 90.4 Å². The molecule has 9 heteroatoms. The summed E-state index contributed by atoms with van der Waals surface area (Å²) in [7, 11) is 3.36. The third-order valence-electron chi connectivity index (χ3n) is 7.55. The van der Waals surface area contributed by atoms with Crippen molar-refractivity contribution in [2.75, 3.05) is 45.3 Å². The number of nitrogens with zero attached hydrogens (tertiary/aromatic N) is 3. The second kappa shape index (κ2) is 9.35. The SMILES string of the molecule is COc1ccc(N2CC=C[C@]34S[C@H]5C=CCN(C)C(=O)[C@H]5[C@H]3C(=O)N(CCCCO)C4C2=O)cc1. The molecule has 4 heterocycles. The van der Waals surface area contributed by atoms with Gasteiger partial charge in [-0.3, -0.25) is 14.4 Å². The minimum Gasteiger partial charge on any atom is -0.497 e. The molecular weight excluding hydrogens is 466 g/mol. The van der Waals surface area contributed by atoms with E-state index in [-0.39, 0.29) is 29.6 Å². The number of aliphatic hydroxyl groups excluding tert-OH is 1.